The van der Waals surface area contributed by atoms with E-state index in [0.717, 1.165) is 51.0 Å². The van der Waals surface area contributed by atoms with Crippen LogP contribution < -0.4 is 5.73 Å². The summed E-state index contributed by atoms with van der Waals surface area (Å²) in [5.74, 6) is 6.60. The zero-order valence-electron chi connectivity index (χ0n) is 16.2. The molecule has 2 aliphatic rings. The van der Waals surface area contributed by atoms with Gasteiger partial charge in [0.05, 0.1) is 0 Å². The fraction of sp³-hybridized carbons (Fsp3) is 0.591. The lowest BCUT2D eigenvalue weighted by Crippen LogP contribution is -2.38. The molecule has 2 heterocycles. The SMILES string of the molecule is NC(=O)OC1CCN(Cc2ccc(C#CCCN3CCCCC3)cc2)CC1. The second kappa shape index (κ2) is 10.3. The van der Waals surface area contributed by atoms with Crippen LogP contribution in [0.2, 0.25) is 0 Å². The lowest BCUT2D eigenvalue weighted by atomic mass is 10.1. The molecule has 0 atom stereocenters. The Bertz CT molecular complexity index is 648. The summed E-state index contributed by atoms with van der Waals surface area (Å²) >= 11 is 0. The van der Waals surface area contributed by atoms with Crippen molar-refractivity contribution in [3.05, 3.63) is 35.4 Å². The quantitative estimate of drug-likeness (QED) is 0.811. The summed E-state index contributed by atoms with van der Waals surface area (Å²) in [6, 6.07) is 8.57. The number of hydrogen-bond donors (Lipinski definition) is 1. The van der Waals surface area contributed by atoms with E-state index in [0.29, 0.717) is 0 Å². The minimum absolute atomic E-state index is 0.0265. The van der Waals surface area contributed by atoms with E-state index in [9.17, 15) is 4.79 Å². The molecular weight excluding hydrogens is 338 g/mol. The van der Waals surface area contributed by atoms with Crippen molar-refractivity contribution in [1.82, 2.24) is 9.80 Å². The number of likely N-dealkylation sites (tertiary alicyclic amines) is 2. The Morgan fingerprint density at radius 2 is 1.74 bits per heavy atom. The minimum atomic E-state index is -0.666. The van der Waals surface area contributed by atoms with Gasteiger partial charge in [0.25, 0.3) is 0 Å². The molecule has 1 aromatic rings. The van der Waals surface area contributed by atoms with Gasteiger partial charge in [-0.15, -0.1) is 0 Å². The van der Waals surface area contributed by atoms with Crippen molar-refractivity contribution in [2.75, 3.05) is 32.7 Å². The maximum absolute atomic E-state index is 10.8. The van der Waals surface area contributed by atoms with E-state index in [1.165, 1.54) is 37.9 Å². The monoisotopic (exact) mass is 369 g/mol. The van der Waals surface area contributed by atoms with Crippen molar-refractivity contribution >= 4 is 6.09 Å². The highest BCUT2D eigenvalue weighted by Gasteiger charge is 2.21. The number of nitrogens with zero attached hydrogens (tertiary/aromatic N) is 2. The molecule has 1 amide bonds. The first kappa shape index (κ1) is 19.7. The molecular formula is C22H31N3O2. The third-order valence-electron chi connectivity index (χ3n) is 5.41. The molecule has 5 heteroatoms. The van der Waals surface area contributed by atoms with Gasteiger partial charge in [-0.05, 0) is 56.5 Å². The van der Waals surface area contributed by atoms with Crippen LogP contribution in [-0.2, 0) is 11.3 Å². The number of primary amides is 1. The normalized spacial score (nSPS) is 19.3. The molecule has 1 aromatic carbocycles. The smallest absolute Gasteiger partial charge is 0.404 e. The van der Waals surface area contributed by atoms with Crippen LogP contribution >= 0.6 is 0 Å². The van der Waals surface area contributed by atoms with Crippen LogP contribution in [0.4, 0.5) is 4.79 Å². The van der Waals surface area contributed by atoms with Gasteiger partial charge in [-0.1, -0.05) is 30.4 Å². The van der Waals surface area contributed by atoms with E-state index in [-0.39, 0.29) is 6.10 Å². The zero-order chi connectivity index (χ0) is 18.9. The summed E-state index contributed by atoms with van der Waals surface area (Å²) in [6.07, 6.45) is 6.02. The number of benzene rings is 1. The first-order valence-corrected chi connectivity index (χ1v) is 10.2. The number of nitrogens with two attached hydrogens (primary N) is 1. The zero-order valence-corrected chi connectivity index (χ0v) is 16.2. The lowest BCUT2D eigenvalue weighted by molar-refractivity contribution is 0.0541. The Morgan fingerprint density at radius 3 is 2.41 bits per heavy atom. The summed E-state index contributed by atoms with van der Waals surface area (Å²) in [7, 11) is 0. The van der Waals surface area contributed by atoms with E-state index < -0.39 is 6.09 Å². The maximum atomic E-state index is 10.8. The summed E-state index contributed by atoms with van der Waals surface area (Å²) in [5, 5.41) is 0. The lowest BCUT2D eigenvalue weighted by Gasteiger charge is -2.31. The van der Waals surface area contributed by atoms with Gasteiger partial charge in [-0.2, -0.15) is 0 Å². The van der Waals surface area contributed by atoms with Gasteiger partial charge in [0.15, 0.2) is 0 Å². The van der Waals surface area contributed by atoms with Crippen LogP contribution in [0.25, 0.3) is 0 Å². The number of rotatable bonds is 5. The molecule has 0 saturated carbocycles. The largest absolute Gasteiger partial charge is 0.446 e. The number of carbonyl (C=O) groups is 1. The molecule has 5 nitrogen and oxygen atoms in total. The highest BCUT2D eigenvalue weighted by atomic mass is 16.6. The van der Waals surface area contributed by atoms with Gasteiger partial charge < -0.3 is 15.4 Å². The Kier molecular flexibility index (Phi) is 7.55. The van der Waals surface area contributed by atoms with Crippen molar-refractivity contribution in [3.8, 4) is 11.8 Å². The van der Waals surface area contributed by atoms with Crippen molar-refractivity contribution in [1.29, 1.82) is 0 Å². The van der Waals surface area contributed by atoms with Gasteiger partial charge >= 0.3 is 6.09 Å². The maximum Gasteiger partial charge on any atom is 0.404 e. The van der Waals surface area contributed by atoms with Crippen LogP contribution in [0.5, 0.6) is 0 Å². The number of hydrogen-bond acceptors (Lipinski definition) is 4. The molecule has 2 aliphatic heterocycles. The van der Waals surface area contributed by atoms with Crippen LogP contribution in [0.1, 0.15) is 49.7 Å². The van der Waals surface area contributed by atoms with Gasteiger partial charge in [-0.3, -0.25) is 4.90 Å². The number of carbonyl (C=O) groups excluding carboxylic acids is 1. The van der Waals surface area contributed by atoms with Crippen molar-refractivity contribution < 1.29 is 9.53 Å². The van der Waals surface area contributed by atoms with Gasteiger partial charge in [0.2, 0.25) is 0 Å². The number of piperidine rings is 2. The Labute approximate surface area is 162 Å². The molecule has 0 spiro atoms. The summed E-state index contributed by atoms with van der Waals surface area (Å²) in [6.45, 7) is 6.35. The Morgan fingerprint density at radius 1 is 1.04 bits per heavy atom. The van der Waals surface area contributed by atoms with Crippen LogP contribution in [0, 0.1) is 11.8 Å². The van der Waals surface area contributed by atoms with Gasteiger partial charge in [0.1, 0.15) is 6.10 Å². The molecule has 2 saturated heterocycles. The summed E-state index contributed by atoms with van der Waals surface area (Å²) in [4.78, 5) is 15.7. The average molecular weight is 370 g/mol. The van der Waals surface area contributed by atoms with Crippen LogP contribution in [-0.4, -0.2) is 54.7 Å². The molecule has 2 fully saturated rings. The highest BCUT2D eigenvalue weighted by molar-refractivity contribution is 5.64. The van der Waals surface area contributed by atoms with E-state index in [2.05, 4.69) is 45.9 Å². The van der Waals surface area contributed by atoms with Crippen LogP contribution in [0.15, 0.2) is 24.3 Å². The molecule has 2 N–H and O–H groups in total. The Hall–Kier alpha value is -2.03. The second-order valence-electron chi connectivity index (χ2n) is 7.56. The minimum Gasteiger partial charge on any atom is -0.446 e. The predicted octanol–water partition coefficient (Wildman–Crippen LogP) is 2.97. The van der Waals surface area contributed by atoms with E-state index in [1.807, 2.05) is 0 Å². The molecule has 0 radical (unpaired) electrons. The summed E-state index contributed by atoms with van der Waals surface area (Å²) < 4.78 is 5.08. The topological polar surface area (TPSA) is 58.8 Å². The highest BCUT2D eigenvalue weighted by Crippen LogP contribution is 2.16. The standard InChI is InChI=1S/C22H31N3O2/c23-22(26)27-21-11-16-25(17-12-21)18-20-9-7-19(8-10-20)6-2-5-15-24-13-3-1-4-14-24/h7-10,21H,1,3-5,11-18H2,(H2,23,26). The molecule has 0 bridgehead atoms. The first-order chi connectivity index (χ1) is 13.2. The van der Waals surface area contributed by atoms with Crippen molar-refractivity contribution in [2.45, 2.75) is 51.2 Å². The molecule has 0 unspecified atom stereocenters. The molecule has 3 rings (SSSR count). The van der Waals surface area contributed by atoms with E-state index in [1.54, 1.807) is 0 Å². The average Bonchev–Trinajstić information content (AvgIpc) is 2.68. The second-order valence-corrected chi connectivity index (χ2v) is 7.56. The molecule has 146 valence electrons. The van der Waals surface area contributed by atoms with Gasteiger partial charge in [-0.25, -0.2) is 4.79 Å². The van der Waals surface area contributed by atoms with Gasteiger partial charge in [0, 0.05) is 38.2 Å². The first-order valence-electron chi connectivity index (χ1n) is 10.2. The van der Waals surface area contributed by atoms with Crippen LogP contribution in [0.3, 0.4) is 0 Å². The molecule has 27 heavy (non-hydrogen) atoms. The van der Waals surface area contributed by atoms with Crippen molar-refractivity contribution in [2.24, 2.45) is 5.73 Å². The predicted molar refractivity (Wildman–Crippen MR) is 107 cm³/mol. The van der Waals surface area contributed by atoms with E-state index in [4.69, 9.17) is 10.5 Å². The third kappa shape index (κ3) is 6.89. The van der Waals surface area contributed by atoms with E-state index >= 15 is 0 Å². The number of ether oxygens (including phenoxy) is 1. The molecule has 0 aromatic heterocycles. The molecule has 0 aliphatic carbocycles. The van der Waals surface area contributed by atoms with Crippen molar-refractivity contribution in [3.63, 3.8) is 0 Å². The fourth-order valence-electron chi connectivity index (χ4n) is 3.86. The fourth-order valence-corrected chi connectivity index (χ4v) is 3.86. The third-order valence-corrected chi connectivity index (χ3v) is 5.41. The Balaban J connectivity index is 1.39. The summed E-state index contributed by atoms with van der Waals surface area (Å²) in [5.41, 5.74) is 7.47. The number of amides is 1.